The summed E-state index contributed by atoms with van der Waals surface area (Å²) in [6.07, 6.45) is 10.6. The summed E-state index contributed by atoms with van der Waals surface area (Å²) in [5.41, 5.74) is 2.82. The Labute approximate surface area is 108 Å². The zero-order valence-electron chi connectivity index (χ0n) is 8.52. The molecule has 0 saturated heterocycles. The summed E-state index contributed by atoms with van der Waals surface area (Å²) in [5.74, 6) is 0. The minimum atomic E-state index is 0. The van der Waals surface area contributed by atoms with E-state index in [1.54, 1.807) is 0 Å². The van der Waals surface area contributed by atoms with Crippen LogP contribution in [-0.2, 0) is 21.0 Å². The molecule has 1 rings (SSSR count). The SMILES string of the molecule is CCCCC1=CCC(C)=[C-]1.[Cl-].[Cl-].[O]=[V+2]. The van der Waals surface area contributed by atoms with E-state index in [9.17, 15) is 0 Å². The van der Waals surface area contributed by atoms with Crippen LogP contribution in [0.5, 0.6) is 0 Å². The Morgan fingerprint density at radius 3 is 2.36 bits per heavy atom. The first-order valence-electron chi connectivity index (χ1n) is 4.29. The summed E-state index contributed by atoms with van der Waals surface area (Å²) in [6.45, 7) is 4.38. The molecule has 0 aromatic carbocycles. The monoisotopic (exact) mass is 272 g/mol. The number of halogens is 2. The van der Waals surface area contributed by atoms with E-state index in [4.69, 9.17) is 3.67 Å². The van der Waals surface area contributed by atoms with Crippen LogP contribution in [-0.4, -0.2) is 0 Å². The van der Waals surface area contributed by atoms with Crippen molar-refractivity contribution >= 4 is 0 Å². The summed E-state index contributed by atoms with van der Waals surface area (Å²) < 4.78 is 8.19. The molecule has 0 radical (unpaired) electrons. The van der Waals surface area contributed by atoms with Gasteiger partial charge >= 0.3 is 21.0 Å². The molecule has 0 amide bonds. The molecule has 0 aromatic heterocycles. The third-order valence-corrected chi connectivity index (χ3v) is 1.83. The van der Waals surface area contributed by atoms with Crippen molar-refractivity contribution in [2.45, 2.75) is 39.5 Å². The van der Waals surface area contributed by atoms with Crippen molar-refractivity contribution in [3.05, 3.63) is 23.3 Å². The number of unbranched alkanes of at least 4 members (excludes halogenated alkanes) is 1. The predicted octanol–water partition coefficient (Wildman–Crippen LogP) is -2.86. The summed E-state index contributed by atoms with van der Waals surface area (Å²) >= 11 is 1.06. The molecule has 0 aliphatic heterocycles. The van der Waals surface area contributed by atoms with Crippen LogP contribution in [0.25, 0.3) is 0 Å². The van der Waals surface area contributed by atoms with Crippen molar-refractivity contribution in [2.24, 2.45) is 0 Å². The molecule has 0 saturated carbocycles. The van der Waals surface area contributed by atoms with E-state index >= 15 is 0 Å². The van der Waals surface area contributed by atoms with Crippen molar-refractivity contribution < 1.29 is 45.9 Å². The first-order valence-corrected chi connectivity index (χ1v) is 4.86. The van der Waals surface area contributed by atoms with Gasteiger partial charge in [0.15, 0.2) is 0 Å². The summed E-state index contributed by atoms with van der Waals surface area (Å²) in [4.78, 5) is 0. The first kappa shape index (κ1) is 19.9. The van der Waals surface area contributed by atoms with Crippen molar-refractivity contribution in [2.75, 3.05) is 0 Å². The van der Waals surface area contributed by atoms with Crippen LogP contribution in [0.3, 0.4) is 0 Å². The molecule has 0 atom stereocenters. The molecular formula is C10H15Cl2OV-. The Bertz CT molecular complexity index is 191. The van der Waals surface area contributed by atoms with Gasteiger partial charge in [-0.3, -0.25) is 0 Å². The molecule has 0 unspecified atom stereocenters. The standard InChI is InChI=1S/C10H15.2ClH.O.V/c1-3-4-5-10-7-6-9(2)8-10;;;;/h7H,3-6H2,1-2H3;2*1H;;/q-1;;;;+2/p-2. The Morgan fingerprint density at radius 1 is 1.43 bits per heavy atom. The van der Waals surface area contributed by atoms with E-state index in [-0.39, 0.29) is 24.8 Å². The number of hydrogen-bond acceptors (Lipinski definition) is 1. The quantitative estimate of drug-likeness (QED) is 0.506. The van der Waals surface area contributed by atoms with Gasteiger partial charge in [0.05, 0.1) is 0 Å². The summed E-state index contributed by atoms with van der Waals surface area (Å²) in [6, 6.07) is 0. The van der Waals surface area contributed by atoms with Gasteiger partial charge in [-0.05, 0) is 0 Å². The molecule has 0 N–H and O–H groups in total. The van der Waals surface area contributed by atoms with E-state index in [2.05, 4.69) is 26.0 Å². The second kappa shape index (κ2) is 13.4. The average Bonchev–Trinajstić information content (AvgIpc) is 2.51. The number of hydrogen-bond donors (Lipinski definition) is 0. The molecule has 0 spiro atoms. The maximum absolute atomic E-state index is 8.19. The second-order valence-corrected chi connectivity index (χ2v) is 2.94. The van der Waals surface area contributed by atoms with Crippen LogP contribution < -0.4 is 24.8 Å². The molecule has 1 nitrogen and oxygen atoms in total. The fourth-order valence-electron chi connectivity index (χ4n) is 1.18. The van der Waals surface area contributed by atoms with E-state index in [1.165, 1.54) is 30.4 Å². The molecule has 1 aliphatic rings. The molecule has 0 fully saturated rings. The maximum atomic E-state index is 8.19. The van der Waals surface area contributed by atoms with Crippen LogP contribution in [0.1, 0.15) is 39.5 Å². The van der Waals surface area contributed by atoms with Gasteiger partial charge in [0, 0.05) is 0 Å². The van der Waals surface area contributed by atoms with Crippen LogP contribution in [0, 0.1) is 6.08 Å². The number of allylic oxidation sites excluding steroid dienone is 4. The van der Waals surface area contributed by atoms with E-state index in [1.807, 2.05) is 0 Å². The van der Waals surface area contributed by atoms with Gasteiger partial charge in [0.2, 0.25) is 0 Å². The average molecular weight is 273 g/mol. The third-order valence-electron chi connectivity index (χ3n) is 1.83. The van der Waals surface area contributed by atoms with Gasteiger partial charge in [-0.25, -0.2) is 17.7 Å². The van der Waals surface area contributed by atoms with Gasteiger partial charge in [-0.1, -0.05) is 39.5 Å². The topological polar surface area (TPSA) is 17.1 Å². The van der Waals surface area contributed by atoms with Gasteiger partial charge in [0.1, 0.15) is 0 Å². The summed E-state index contributed by atoms with van der Waals surface area (Å²) in [7, 11) is 0. The van der Waals surface area contributed by atoms with Crippen molar-refractivity contribution in [3.63, 3.8) is 0 Å². The molecule has 14 heavy (non-hydrogen) atoms. The Balaban J connectivity index is -0.000000284. The van der Waals surface area contributed by atoms with Crippen molar-refractivity contribution in [1.82, 2.24) is 0 Å². The van der Waals surface area contributed by atoms with E-state index < -0.39 is 0 Å². The van der Waals surface area contributed by atoms with E-state index in [0.29, 0.717) is 0 Å². The third kappa shape index (κ3) is 9.02. The van der Waals surface area contributed by atoms with Crippen LogP contribution >= 0.6 is 0 Å². The van der Waals surface area contributed by atoms with Gasteiger partial charge < -0.3 is 24.8 Å². The van der Waals surface area contributed by atoms with Gasteiger partial charge in [-0.15, -0.1) is 0 Å². The zero-order chi connectivity index (χ0) is 9.40. The molecule has 0 aromatic rings. The molecule has 0 bridgehead atoms. The fourth-order valence-corrected chi connectivity index (χ4v) is 1.18. The Hall–Kier alpha value is 0.444. The van der Waals surface area contributed by atoms with Crippen LogP contribution in [0.2, 0.25) is 0 Å². The normalized spacial score (nSPS) is 12.6. The van der Waals surface area contributed by atoms with E-state index in [0.717, 1.165) is 23.8 Å². The van der Waals surface area contributed by atoms with Crippen molar-refractivity contribution in [3.8, 4) is 0 Å². The summed E-state index contributed by atoms with van der Waals surface area (Å²) in [5, 5.41) is 0. The Morgan fingerprint density at radius 2 is 2.00 bits per heavy atom. The zero-order valence-corrected chi connectivity index (χ0v) is 11.4. The molecule has 0 heterocycles. The first-order chi connectivity index (χ1) is 5.83. The molecule has 81 valence electrons. The molecule has 4 heteroatoms. The van der Waals surface area contributed by atoms with Crippen molar-refractivity contribution in [1.29, 1.82) is 0 Å². The predicted molar refractivity (Wildman–Crippen MR) is 45.3 cm³/mol. The minimum absolute atomic E-state index is 0. The Kier molecular flexibility index (Phi) is 19.1. The van der Waals surface area contributed by atoms with Gasteiger partial charge in [-0.2, -0.15) is 5.57 Å². The van der Waals surface area contributed by atoms with Gasteiger partial charge in [0.25, 0.3) is 0 Å². The van der Waals surface area contributed by atoms with Crippen LogP contribution in [0.4, 0.5) is 0 Å². The number of rotatable bonds is 3. The second-order valence-electron chi connectivity index (χ2n) is 2.94. The molecular weight excluding hydrogens is 258 g/mol. The van der Waals surface area contributed by atoms with Crippen LogP contribution in [0.15, 0.2) is 17.2 Å². The molecule has 1 aliphatic carbocycles. The fraction of sp³-hybridized carbons (Fsp3) is 0.600.